The Kier molecular flexibility index (Phi) is 6.54. The monoisotopic (exact) mass is 492 g/mol. The molecule has 4 aromatic rings. The van der Waals surface area contributed by atoms with Gasteiger partial charge in [0.25, 0.3) is 10.0 Å². The summed E-state index contributed by atoms with van der Waals surface area (Å²) in [4.78, 5) is 5.10. The van der Waals surface area contributed by atoms with Gasteiger partial charge in [-0.25, -0.2) is 8.42 Å². The quantitative estimate of drug-likeness (QED) is 0.403. The highest BCUT2D eigenvalue weighted by atomic mass is 32.2. The molecule has 0 unspecified atom stereocenters. The molecule has 0 aliphatic carbocycles. The lowest BCUT2D eigenvalue weighted by Crippen LogP contribution is -2.47. The van der Waals surface area contributed by atoms with Crippen molar-refractivity contribution in [2.24, 2.45) is 0 Å². The third-order valence-corrected chi connectivity index (χ3v) is 8.47. The molecule has 34 heavy (non-hydrogen) atoms. The Morgan fingerprint density at radius 2 is 1.71 bits per heavy atom. The Balaban J connectivity index is 1.21. The van der Waals surface area contributed by atoms with Crippen LogP contribution < -0.4 is 9.62 Å². The minimum absolute atomic E-state index is 0.285. The Morgan fingerprint density at radius 1 is 0.941 bits per heavy atom. The molecule has 0 atom stereocenters. The summed E-state index contributed by atoms with van der Waals surface area (Å²) in [5.41, 5.74) is 2.57. The molecule has 176 valence electrons. The third kappa shape index (κ3) is 4.94. The highest BCUT2D eigenvalue weighted by Crippen LogP contribution is 2.30. The van der Waals surface area contributed by atoms with Crippen molar-refractivity contribution >= 4 is 43.1 Å². The first-order valence-electron chi connectivity index (χ1n) is 11.5. The van der Waals surface area contributed by atoms with E-state index in [4.69, 9.17) is 4.37 Å². The molecule has 1 saturated heterocycles. The molecule has 5 rings (SSSR count). The van der Waals surface area contributed by atoms with Crippen molar-refractivity contribution in [3.05, 3.63) is 83.9 Å². The van der Waals surface area contributed by atoms with Gasteiger partial charge >= 0.3 is 0 Å². The number of hydrogen-bond donors (Lipinski definition) is 1. The van der Waals surface area contributed by atoms with Gasteiger partial charge in [0.2, 0.25) is 0 Å². The number of sulfonamides is 1. The van der Waals surface area contributed by atoms with Crippen LogP contribution in [-0.2, 0) is 16.4 Å². The van der Waals surface area contributed by atoms with E-state index in [1.165, 1.54) is 10.1 Å². The maximum absolute atomic E-state index is 12.9. The highest BCUT2D eigenvalue weighted by molar-refractivity contribution is 7.92. The van der Waals surface area contributed by atoms with Crippen LogP contribution in [0.2, 0.25) is 0 Å². The number of benzene rings is 3. The van der Waals surface area contributed by atoms with Crippen LogP contribution in [0.25, 0.3) is 10.1 Å². The largest absolute Gasteiger partial charge is 0.353 e. The van der Waals surface area contributed by atoms with Crippen LogP contribution in [0.3, 0.4) is 0 Å². The number of nitrogens with zero attached hydrogens (tertiary/aromatic N) is 3. The highest BCUT2D eigenvalue weighted by Gasteiger charge is 2.21. The lowest BCUT2D eigenvalue weighted by molar-refractivity contribution is 0.261. The van der Waals surface area contributed by atoms with Crippen molar-refractivity contribution in [2.45, 2.75) is 18.2 Å². The molecule has 1 N–H and O–H groups in total. The molecule has 6 nitrogen and oxygen atoms in total. The summed E-state index contributed by atoms with van der Waals surface area (Å²) in [5, 5.41) is 1.23. The Labute approximate surface area is 205 Å². The van der Waals surface area contributed by atoms with Gasteiger partial charge in [0.15, 0.2) is 0 Å². The minimum Gasteiger partial charge on any atom is -0.353 e. The fourth-order valence-electron chi connectivity index (χ4n) is 4.39. The van der Waals surface area contributed by atoms with Crippen LogP contribution in [0, 0.1) is 6.92 Å². The van der Waals surface area contributed by atoms with Gasteiger partial charge < -0.3 is 4.90 Å². The number of anilines is 2. The summed E-state index contributed by atoms with van der Waals surface area (Å²) < 4.78 is 34.6. The molecular formula is C26H28N4O2S2. The molecule has 0 radical (unpaired) electrons. The number of para-hydroxylation sites is 1. The topological polar surface area (TPSA) is 65.5 Å². The van der Waals surface area contributed by atoms with E-state index >= 15 is 0 Å². The second-order valence-corrected chi connectivity index (χ2v) is 11.1. The SMILES string of the molecule is Cc1cccc(S(=O)(=O)Nc2ccccc2CCN2CCN(c3nsc4ccccc34)CC2)c1. The normalized spacial score (nSPS) is 15.0. The van der Waals surface area contributed by atoms with Crippen LogP contribution in [0.5, 0.6) is 0 Å². The molecule has 8 heteroatoms. The van der Waals surface area contributed by atoms with Gasteiger partial charge in [-0.3, -0.25) is 9.62 Å². The van der Waals surface area contributed by atoms with E-state index in [0.29, 0.717) is 5.69 Å². The van der Waals surface area contributed by atoms with Crippen LogP contribution in [0.1, 0.15) is 11.1 Å². The molecule has 1 aliphatic heterocycles. The van der Waals surface area contributed by atoms with Crippen molar-refractivity contribution in [1.29, 1.82) is 0 Å². The number of aryl methyl sites for hydroxylation is 1. The van der Waals surface area contributed by atoms with E-state index in [9.17, 15) is 8.42 Å². The fourth-order valence-corrected chi connectivity index (χ4v) is 6.39. The molecule has 0 amide bonds. The minimum atomic E-state index is -3.63. The fraction of sp³-hybridized carbons (Fsp3) is 0.269. The van der Waals surface area contributed by atoms with E-state index in [2.05, 4.69) is 38.8 Å². The van der Waals surface area contributed by atoms with Crippen molar-refractivity contribution in [3.63, 3.8) is 0 Å². The second-order valence-electron chi connectivity index (χ2n) is 8.66. The molecule has 0 bridgehead atoms. The maximum atomic E-state index is 12.9. The van der Waals surface area contributed by atoms with Gasteiger partial charge in [0, 0.05) is 38.1 Å². The van der Waals surface area contributed by atoms with Gasteiger partial charge in [-0.1, -0.05) is 42.5 Å². The molecule has 2 heterocycles. The van der Waals surface area contributed by atoms with E-state index < -0.39 is 10.0 Å². The predicted molar refractivity (Wildman–Crippen MR) is 140 cm³/mol. The summed E-state index contributed by atoms with van der Waals surface area (Å²) >= 11 is 1.56. The molecule has 1 aromatic heterocycles. The molecule has 0 saturated carbocycles. The lowest BCUT2D eigenvalue weighted by atomic mass is 10.1. The number of nitrogens with one attached hydrogen (secondary N) is 1. The van der Waals surface area contributed by atoms with E-state index in [1.807, 2.05) is 37.3 Å². The van der Waals surface area contributed by atoms with Crippen molar-refractivity contribution in [1.82, 2.24) is 9.27 Å². The number of rotatable bonds is 7. The van der Waals surface area contributed by atoms with E-state index in [-0.39, 0.29) is 4.90 Å². The Bertz CT molecular complexity index is 1390. The first-order chi connectivity index (χ1) is 16.5. The zero-order chi connectivity index (χ0) is 23.5. The zero-order valence-corrected chi connectivity index (χ0v) is 20.8. The summed E-state index contributed by atoms with van der Waals surface area (Å²) in [6, 6.07) is 23.1. The smallest absolute Gasteiger partial charge is 0.261 e. The Hall–Kier alpha value is -2.94. The number of fused-ring (bicyclic) bond motifs is 1. The van der Waals surface area contributed by atoms with Crippen molar-refractivity contribution in [2.75, 3.05) is 42.3 Å². The number of hydrogen-bond acceptors (Lipinski definition) is 6. The van der Waals surface area contributed by atoms with Crippen molar-refractivity contribution in [3.8, 4) is 0 Å². The van der Waals surface area contributed by atoms with Crippen LogP contribution >= 0.6 is 11.5 Å². The third-order valence-electron chi connectivity index (χ3n) is 6.29. The first-order valence-corrected chi connectivity index (χ1v) is 13.7. The summed E-state index contributed by atoms with van der Waals surface area (Å²) in [6.45, 7) is 6.58. The standard InChI is InChI=1S/C26H28N4O2S2/c1-20-7-6-9-22(19-20)34(31,32)28-24-11-4-2-8-21(24)13-14-29-15-17-30(18-16-29)26-23-10-3-5-12-25(23)33-27-26/h2-12,19,28H,13-18H2,1H3. The predicted octanol–water partition coefficient (Wildman–Crippen LogP) is 4.77. The maximum Gasteiger partial charge on any atom is 0.261 e. The Morgan fingerprint density at radius 3 is 2.53 bits per heavy atom. The molecular weight excluding hydrogens is 464 g/mol. The van der Waals surface area contributed by atoms with Gasteiger partial charge in [-0.15, -0.1) is 0 Å². The van der Waals surface area contributed by atoms with Crippen molar-refractivity contribution < 1.29 is 8.42 Å². The average molecular weight is 493 g/mol. The molecule has 1 aliphatic rings. The van der Waals surface area contributed by atoms with E-state index in [1.54, 1.807) is 29.7 Å². The summed E-state index contributed by atoms with van der Waals surface area (Å²) in [7, 11) is -3.63. The number of aromatic nitrogens is 1. The van der Waals surface area contributed by atoms with Gasteiger partial charge in [0.1, 0.15) is 5.82 Å². The van der Waals surface area contributed by atoms with Gasteiger partial charge in [0.05, 0.1) is 15.3 Å². The number of piperazine rings is 1. The molecule has 1 fully saturated rings. The second kappa shape index (κ2) is 9.74. The van der Waals surface area contributed by atoms with Gasteiger partial charge in [-0.05, 0) is 66.3 Å². The van der Waals surface area contributed by atoms with Gasteiger partial charge in [-0.2, -0.15) is 4.37 Å². The molecule has 3 aromatic carbocycles. The summed E-state index contributed by atoms with van der Waals surface area (Å²) in [5.74, 6) is 1.09. The molecule has 0 spiro atoms. The average Bonchev–Trinajstić information content (AvgIpc) is 3.28. The lowest BCUT2D eigenvalue weighted by Gasteiger charge is -2.35. The zero-order valence-electron chi connectivity index (χ0n) is 19.1. The summed E-state index contributed by atoms with van der Waals surface area (Å²) in [6.07, 6.45) is 0.784. The van der Waals surface area contributed by atoms with Crippen LogP contribution in [0.15, 0.2) is 77.7 Å². The van der Waals surface area contributed by atoms with Crippen LogP contribution in [0.4, 0.5) is 11.5 Å². The van der Waals surface area contributed by atoms with Crippen LogP contribution in [-0.4, -0.2) is 50.4 Å². The van der Waals surface area contributed by atoms with E-state index in [0.717, 1.165) is 56.1 Å². The first kappa shape index (κ1) is 22.8.